The molecule has 0 saturated heterocycles. The number of fused-ring (bicyclic) bond motifs is 1. The summed E-state index contributed by atoms with van der Waals surface area (Å²) in [5.41, 5.74) is 0.400. The molecule has 18 heavy (non-hydrogen) atoms. The van der Waals surface area contributed by atoms with Crippen molar-refractivity contribution in [2.24, 2.45) is 5.92 Å². The number of hydrogen-bond acceptors (Lipinski definition) is 4. The summed E-state index contributed by atoms with van der Waals surface area (Å²) in [6.07, 6.45) is -3.15. The molecule has 1 aliphatic carbocycles. The topological polar surface area (TPSA) is 39.2 Å². The zero-order valence-corrected chi connectivity index (χ0v) is 10.5. The summed E-state index contributed by atoms with van der Waals surface area (Å²) in [6, 6.07) is 0. The summed E-state index contributed by atoms with van der Waals surface area (Å²) in [4.78, 5) is 15.8. The predicted molar refractivity (Wildman–Crippen MR) is 59.3 cm³/mol. The highest BCUT2D eigenvalue weighted by Crippen LogP contribution is 2.37. The molecule has 3 nitrogen and oxygen atoms in total. The Morgan fingerprint density at radius 1 is 1.56 bits per heavy atom. The highest BCUT2D eigenvalue weighted by atomic mass is 32.1. The van der Waals surface area contributed by atoms with Crippen LogP contribution in [0.2, 0.25) is 0 Å². The Bertz CT molecular complexity index is 456. The summed E-state index contributed by atoms with van der Waals surface area (Å²) in [5.74, 6) is -0.703. The Labute approximate surface area is 106 Å². The number of nitrogens with zero attached hydrogens (tertiary/aromatic N) is 1. The summed E-state index contributed by atoms with van der Waals surface area (Å²) in [7, 11) is 0. The third-order valence-corrected chi connectivity index (χ3v) is 4.00. The number of aromatic nitrogens is 1. The van der Waals surface area contributed by atoms with Gasteiger partial charge in [-0.3, -0.25) is 4.79 Å². The molecule has 1 unspecified atom stereocenters. The van der Waals surface area contributed by atoms with Crippen LogP contribution in [0.5, 0.6) is 0 Å². The zero-order chi connectivity index (χ0) is 13.3. The lowest BCUT2D eigenvalue weighted by atomic mass is 9.91. The van der Waals surface area contributed by atoms with Crippen LogP contribution in [0.25, 0.3) is 0 Å². The maximum absolute atomic E-state index is 12.5. The number of thiazole rings is 1. The fourth-order valence-corrected chi connectivity index (χ4v) is 2.93. The van der Waals surface area contributed by atoms with Crippen molar-refractivity contribution in [3.05, 3.63) is 15.6 Å². The molecule has 0 amide bonds. The molecule has 0 spiro atoms. The Balaban J connectivity index is 2.15. The third-order valence-electron chi connectivity index (χ3n) is 2.80. The van der Waals surface area contributed by atoms with Crippen LogP contribution in [0.3, 0.4) is 0 Å². The highest BCUT2D eigenvalue weighted by Gasteiger charge is 2.38. The van der Waals surface area contributed by atoms with Gasteiger partial charge in [0.15, 0.2) is 5.01 Å². The molecule has 0 radical (unpaired) electrons. The molecule has 1 atom stereocenters. The molecule has 0 aromatic carbocycles. The van der Waals surface area contributed by atoms with Gasteiger partial charge < -0.3 is 4.74 Å². The van der Waals surface area contributed by atoms with E-state index in [1.165, 1.54) is 0 Å². The molecule has 7 heteroatoms. The van der Waals surface area contributed by atoms with Gasteiger partial charge in [-0.2, -0.15) is 13.2 Å². The van der Waals surface area contributed by atoms with Gasteiger partial charge in [-0.1, -0.05) is 0 Å². The Kier molecular flexibility index (Phi) is 3.61. The molecule has 0 aliphatic heterocycles. The van der Waals surface area contributed by atoms with Crippen LogP contribution in [0.4, 0.5) is 13.2 Å². The Morgan fingerprint density at radius 3 is 2.89 bits per heavy atom. The molecule has 0 fully saturated rings. The normalized spacial score (nSPS) is 19.4. The first-order valence-corrected chi connectivity index (χ1v) is 6.46. The predicted octanol–water partition coefficient (Wildman–Crippen LogP) is 2.83. The smallest absolute Gasteiger partial charge is 0.443 e. The number of rotatable bonds is 2. The fraction of sp³-hybridized carbons (Fsp3) is 0.636. The quantitative estimate of drug-likeness (QED) is 0.781. The number of halogens is 3. The van der Waals surface area contributed by atoms with Gasteiger partial charge in [-0.25, -0.2) is 4.98 Å². The van der Waals surface area contributed by atoms with E-state index in [9.17, 15) is 18.0 Å². The minimum absolute atomic E-state index is 0.251. The van der Waals surface area contributed by atoms with E-state index < -0.39 is 11.2 Å². The number of ether oxygens (including phenoxy) is 1. The molecule has 0 N–H and O–H groups in total. The first-order valence-electron chi connectivity index (χ1n) is 5.64. The zero-order valence-electron chi connectivity index (χ0n) is 9.71. The van der Waals surface area contributed by atoms with E-state index in [1.54, 1.807) is 6.92 Å². The lowest BCUT2D eigenvalue weighted by Crippen LogP contribution is -2.24. The van der Waals surface area contributed by atoms with Gasteiger partial charge in [0.2, 0.25) is 0 Å². The average Bonchev–Trinajstić information content (AvgIpc) is 2.71. The first kappa shape index (κ1) is 13.3. The summed E-state index contributed by atoms with van der Waals surface area (Å²) >= 11 is 0.681. The van der Waals surface area contributed by atoms with Gasteiger partial charge in [0, 0.05) is 11.3 Å². The lowest BCUT2D eigenvalue weighted by molar-refractivity contribution is -0.148. The van der Waals surface area contributed by atoms with Gasteiger partial charge >= 0.3 is 12.1 Å². The standard InChI is InChI=1S/C11H12F3NO2S/c1-2-17-9(16)6-3-4-8-7(5-6)15-10(18-8)11(12,13)14/h6H,2-5H2,1H3. The second-order valence-corrected chi connectivity index (χ2v) is 5.16. The van der Waals surface area contributed by atoms with Crippen molar-refractivity contribution in [1.82, 2.24) is 4.98 Å². The Hall–Kier alpha value is -1.11. The van der Waals surface area contributed by atoms with Crippen molar-refractivity contribution >= 4 is 17.3 Å². The van der Waals surface area contributed by atoms with Crippen LogP contribution in [0.15, 0.2) is 0 Å². The summed E-state index contributed by atoms with van der Waals surface area (Å²) in [6.45, 7) is 1.99. The van der Waals surface area contributed by atoms with Crippen molar-refractivity contribution < 1.29 is 22.7 Å². The largest absolute Gasteiger partial charge is 0.466 e. The molecule has 0 saturated carbocycles. The van der Waals surface area contributed by atoms with E-state index >= 15 is 0 Å². The SMILES string of the molecule is CCOC(=O)C1CCc2sc(C(F)(F)F)nc2C1. The third kappa shape index (κ3) is 2.66. The maximum Gasteiger partial charge on any atom is 0.443 e. The van der Waals surface area contributed by atoms with Crippen molar-refractivity contribution in [1.29, 1.82) is 0 Å². The van der Waals surface area contributed by atoms with Crippen molar-refractivity contribution in [2.75, 3.05) is 6.61 Å². The van der Waals surface area contributed by atoms with E-state index in [2.05, 4.69) is 4.98 Å². The number of hydrogen-bond donors (Lipinski definition) is 0. The molecular formula is C11H12F3NO2S. The average molecular weight is 279 g/mol. The first-order chi connectivity index (χ1) is 8.41. The van der Waals surface area contributed by atoms with E-state index in [4.69, 9.17) is 4.74 Å². The van der Waals surface area contributed by atoms with E-state index in [0.29, 0.717) is 34.7 Å². The van der Waals surface area contributed by atoms with Crippen LogP contribution in [0, 0.1) is 5.92 Å². The molecule has 1 aromatic rings. The fourth-order valence-electron chi connectivity index (χ4n) is 1.96. The van der Waals surface area contributed by atoms with Gasteiger partial charge in [0.05, 0.1) is 18.2 Å². The number of carbonyl (C=O) groups excluding carboxylic acids is 1. The van der Waals surface area contributed by atoms with E-state index in [1.807, 2.05) is 0 Å². The van der Waals surface area contributed by atoms with Gasteiger partial charge in [0.25, 0.3) is 0 Å². The number of alkyl halides is 3. The van der Waals surface area contributed by atoms with E-state index in [0.717, 1.165) is 0 Å². The Morgan fingerprint density at radius 2 is 2.28 bits per heavy atom. The molecule has 1 heterocycles. The summed E-state index contributed by atoms with van der Waals surface area (Å²) in [5, 5.41) is -0.822. The van der Waals surface area contributed by atoms with Gasteiger partial charge in [-0.05, 0) is 19.8 Å². The van der Waals surface area contributed by atoms with Crippen LogP contribution in [-0.4, -0.2) is 17.6 Å². The second-order valence-electron chi connectivity index (χ2n) is 4.08. The van der Waals surface area contributed by atoms with Crippen LogP contribution in [-0.2, 0) is 28.5 Å². The highest BCUT2D eigenvalue weighted by molar-refractivity contribution is 7.11. The van der Waals surface area contributed by atoms with E-state index in [-0.39, 0.29) is 24.9 Å². The lowest BCUT2D eigenvalue weighted by Gasteiger charge is -2.19. The second kappa shape index (κ2) is 4.87. The maximum atomic E-state index is 12.5. The molecule has 0 bridgehead atoms. The molecular weight excluding hydrogens is 267 g/mol. The van der Waals surface area contributed by atoms with Gasteiger partial charge in [-0.15, -0.1) is 11.3 Å². The number of aryl methyl sites for hydroxylation is 1. The van der Waals surface area contributed by atoms with Crippen molar-refractivity contribution in [2.45, 2.75) is 32.4 Å². The minimum atomic E-state index is -4.40. The number of esters is 1. The molecule has 1 aliphatic rings. The molecule has 2 rings (SSSR count). The number of carbonyl (C=O) groups is 1. The van der Waals surface area contributed by atoms with Gasteiger partial charge in [0.1, 0.15) is 0 Å². The monoisotopic (exact) mass is 279 g/mol. The van der Waals surface area contributed by atoms with Crippen LogP contribution >= 0.6 is 11.3 Å². The molecule has 100 valence electrons. The van der Waals surface area contributed by atoms with Crippen LogP contribution in [0.1, 0.15) is 28.9 Å². The molecule has 1 aromatic heterocycles. The van der Waals surface area contributed by atoms with Crippen molar-refractivity contribution in [3.8, 4) is 0 Å². The van der Waals surface area contributed by atoms with Crippen molar-refractivity contribution in [3.63, 3.8) is 0 Å². The minimum Gasteiger partial charge on any atom is -0.466 e. The van der Waals surface area contributed by atoms with Crippen LogP contribution < -0.4 is 0 Å². The summed E-state index contributed by atoms with van der Waals surface area (Å²) < 4.78 is 42.4.